The first-order valence-corrected chi connectivity index (χ1v) is 6.50. The molecule has 8 heteroatoms. The van der Waals surface area contributed by atoms with E-state index < -0.39 is 5.91 Å². The molecule has 2 aromatic rings. The Labute approximate surface area is 128 Å². The minimum absolute atomic E-state index is 0.268. The van der Waals surface area contributed by atoms with Crippen LogP contribution in [0.3, 0.4) is 0 Å². The molecule has 0 bridgehead atoms. The zero-order chi connectivity index (χ0) is 14.7. The van der Waals surface area contributed by atoms with E-state index in [-0.39, 0.29) is 21.2 Å². The lowest BCUT2D eigenvalue weighted by atomic mass is 10.3. The average Bonchev–Trinajstić information content (AvgIpc) is 2.38. The van der Waals surface area contributed by atoms with Gasteiger partial charge in [-0.25, -0.2) is 0 Å². The van der Waals surface area contributed by atoms with Gasteiger partial charge in [-0.3, -0.25) is 20.4 Å². The molecule has 1 aromatic heterocycles. The van der Waals surface area contributed by atoms with Gasteiger partial charge >= 0.3 is 0 Å². The Hall–Kier alpha value is -1.69. The molecule has 0 aliphatic carbocycles. The van der Waals surface area contributed by atoms with Crippen LogP contribution in [0.1, 0.15) is 10.4 Å². The Morgan fingerprint density at radius 2 is 1.75 bits per heavy atom. The molecule has 1 aromatic carbocycles. The highest BCUT2D eigenvalue weighted by molar-refractivity contribution is 6.41. The van der Waals surface area contributed by atoms with E-state index in [1.807, 2.05) is 0 Å². The Bertz CT molecular complexity index is 672. The summed E-state index contributed by atoms with van der Waals surface area (Å²) in [5, 5.41) is 0.922. The zero-order valence-corrected chi connectivity index (χ0v) is 12.1. The van der Waals surface area contributed by atoms with Gasteiger partial charge in [-0.1, -0.05) is 34.8 Å². The summed E-state index contributed by atoms with van der Waals surface area (Å²) in [6.45, 7) is 0. The van der Waals surface area contributed by atoms with Crippen LogP contribution in [-0.2, 0) is 0 Å². The quantitative estimate of drug-likeness (QED) is 0.756. The summed E-state index contributed by atoms with van der Waals surface area (Å²) in [5.74, 6) is -0.455. The van der Waals surface area contributed by atoms with Gasteiger partial charge in [-0.05, 0) is 18.2 Å². The first-order valence-electron chi connectivity index (χ1n) is 5.37. The van der Waals surface area contributed by atoms with Crippen molar-refractivity contribution in [1.82, 2.24) is 10.4 Å². The fourth-order valence-corrected chi connectivity index (χ4v) is 2.32. The number of rotatable bonds is 3. The highest BCUT2D eigenvalue weighted by Gasteiger charge is 2.10. The van der Waals surface area contributed by atoms with Crippen LogP contribution in [-0.4, -0.2) is 10.9 Å². The number of aromatic nitrogens is 1. The van der Waals surface area contributed by atoms with Gasteiger partial charge in [0, 0.05) is 17.3 Å². The summed E-state index contributed by atoms with van der Waals surface area (Å²) in [6.07, 6.45) is 1.30. The van der Waals surface area contributed by atoms with E-state index in [2.05, 4.69) is 15.8 Å². The van der Waals surface area contributed by atoms with E-state index in [1.165, 1.54) is 30.5 Å². The van der Waals surface area contributed by atoms with Crippen molar-refractivity contribution in [1.29, 1.82) is 0 Å². The molecule has 0 atom stereocenters. The van der Waals surface area contributed by atoms with Gasteiger partial charge in [-0.15, -0.1) is 0 Å². The number of carbonyl (C=O) groups is 1. The summed E-state index contributed by atoms with van der Waals surface area (Å²) < 4.78 is 0. The molecule has 0 saturated carbocycles. The molecule has 0 saturated heterocycles. The van der Waals surface area contributed by atoms with Gasteiger partial charge < -0.3 is 4.98 Å². The van der Waals surface area contributed by atoms with Crippen molar-refractivity contribution < 1.29 is 4.79 Å². The second-order valence-corrected chi connectivity index (χ2v) is 5.02. The van der Waals surface area contributed by atoms with Crippen LogP contribution in [0.2, 0.25) is 15.1 Å². The molecule has 1 heterocycles. The van der Waals surface area contributed by atoms with E-state index in [4.69, 9.17) is 34.8 Å². The molecule has 0 aliphatic heterocycles. The van der Waals surface area contributed by atoms with Gasteiger partial charge in [0.15, 0.2) is 0 Å². The molecular weight excluding hydrogens is 325 g/mol. The number of anilines is 1. The maximum absolute atomic E-state index is 11.8. The van der Waals surface area contributed by atoms with Gasteiger partial charge in [0.2, 0.25) is 5.56 Å². The minimum atomic E-state index is -0.455. The predicted octanol–water partition coefficient (Wildman–Crippen LogP) is 3.09. The molecule has 3 N–H and O–H groups in total. The first kappa shape index (κ1) is 14.7. The van der Waals surface area contributed by atoms with Crippen LogP contribution in [0.4, 0.5) is 5.69 Å². The van der Waals surface area contributed by atoms with Gasteiger partial charge in [0.25, 0.3) is 5.91 Å². The third kappa shape index (κ3) is 3.45. The lowest BCUT2D eigenvalue weighted by Gasteiger charge is -2.12. The standard InChI is InChI=1S/C12H8Cl3N3O2/c13-7-3-8(14)11(9(15)4-7)17-18-12(20)6-1-2-10(19)16-5-6/h1-5,17H,(H,16,19)(H,18,20). The Morgan fingerprint density at radius 1 is 1.10 bits per heavy atom. The monoisotopic (exact) mass is 331 g/mol. The van der Waals surface area contributed by atoms with Crippen molar-refractivity contribution in [3.05, 3.63) is 61.4 Å². The normalized spacial score (nSPS) is 10.2. The van der Waals surface area contributed by atoms with Crippen LogP contribution in [0.5, 0.6) is 0 Å². The highest BCUT2D eigenvalue weighted by Crippen LogP contribution is 2.33. The fraction of sp³-hybridized carbons (Fsp3) is 0. The van der Waals surface area contributed by atoms with Crippen LogP contribution in [0.15, 0.2) is 35.3 Å². The first-order chi connectivity index (χ1) is 9.47. The highest BCUT2D eigenvalue weighted by atomic mass is 35.5. The number of hydrogen-bond acceptors (Lipinski definition) is 3. The van der Waals surface area contributed by atoms with Crippen molar-refractivity contribution in [3.63, 3.8) is 0 Å². The third-order valence-electron chi connectivity index (χ3n) is 2.35. The molecule has 2 rings (SSSR count). The predicted molar refractivity (Wildman–Crippen MR) is 79.6 cm³/mol. The van der Waals surface area contributed by atoms with Gasteiger partial charge in [0.1, 0.15) is 0 Å². The van der Waals surface area contributed by atoms with E-state index in [1.54, 1.807) is 0 Å². The second kappa shape index (κ2) is 6.17. The Morgan fingerprint density at radius 3 is 2.30 bits per heavy atom. The van der Waals surface area contributed by atoms with E-state index in [0.29, 0.717) is 10.7 Å². The fourth-order valence-electron chi connectivity index (χ4n) is 1.40. The molecule has 0 unspecified atom stereocenters. The van der Waals surface area contributed by atoms with Crippen LogP contribution in [0.25, 0.3) is 0 Å². The Balaban J connectivity index is 2.11. The molecule has 0 radical (unpaired) electrons. The molecule has 5 nitrogen and oxygen atoms in total. The SMILES string of the molecule is O=C(NNc1c(Cl)cc(Cl)cc1Cl)c1ccc(=O)[nH]c1. The number of halogens is 3. The topological polar surface area (TPSA) is 74.0 Å². The van der Waals surface area contributed by atoms with Crippen molar-refractivity contribution in [3.8, 4) is 0 Å². The number of H-pyrrole nitrogens is 1. The van der Waals surface area contributed by atoms with E-state index in [0.717, 1.165) is 0 Å². The number of pyridine rings is 1. The van der Waals surface area contributed by atoms with Crippen molar-refractivity contribution in [2.75, 3.05) is 5.43 Å². The van der Waals surface area contributed by atoms with Crippen molar-refractivity contribution >= 4 is 46.4 Å². The van der Waals surface area contributed by atoms with E-state index in [9.17, 15) is 9.59 Å². The number of carbonyl (C=O) groups excluding carboxylic acids is 1. The number of aromatic amines is 1. The zero-order valence-electron chi connectivity index (χ0n) is 9.84. The molecule has 0 spiro atoms. The average molecular weight is 333 g/mol. The Kier molecular flexibility index (Phi) is 4.54. The lowest BCUT2D eigenvalue weighted by molar-refractivity contribution is 0.0962. The molecule has 0 aliphatic rings. The van der Waals surface area contributed by atoms with Crippen molar-refractivity contribution in [2.24, 2.45) is 0 Å². The summed E-state index contributed by atoms with van der Waals surface area (Å²) in [4.78, 5) is 25.1. The molecule has 104 valence electrons. The number of amides is 1. The third-order valence-corrected chi connectivity index (χ3v) is 3.17. The second-order valence-electron chi connectivity index (χ2n) is 3.77. The number of nitrogens with one attached hydrogen (secondary N) is 3. The summed E-state index contributed by atoms with van der Waals surface area (Å²) in [6, 6.07) is 5.62. The molecule has 0 fully saturated rings. The summed E-state index contributed by atoms with van der Waals surface area (Å²) >= 11 is 17.7. The minimum Gasteiger partial charge on any atom is -0.328 e. The molecule has 20 heavy (non-hydrogen) atoms. The van der Waals surface area contributed by atoms with Gasteiger partial charge in [0.05, 0.1) is 21.3 Å². The maximum Gasteiger partial charge on any atom is 0.271 e. The lowest BCUT2D eigenvalue weighted by Crippen LogP contribution is -2.30. The molecule has 1 amide bonds. The van der Waals surface area contributed by atoms with Crippen LogP contribution < -0.4 is 16.4 Å². The number of benzene rings is 1. The van der Waals surface area contributed by atoms with E-state index >= 15 is 0 Å². The number of hydrazine groups is 1. The summed E-state index contributed by atoms with van der Waals surface area (Å²) in [7, 11) is 0. The summed E-state index contributed by atoms with van der Waals surface area (Å²) in [5.41, 5.74) is 5.33. The van der Waals surface area contributed by atoms with Crippen LogP contribution in [0, 0.1) is 0 Å². The maximum atomic E-state index is 11.8. The smallest absolute Gasteiger partial charge is 0.271 e. The number of hydrogen-bond donors (Lipinski definition) is 3. The van der Waals surface area contributed by atoms with Gasteiger partial charge in [-0.2, -0.15) is 0 Å². The van der Waals surface area contributed by atoms with Crippen molar-refractivity contribution in [2.45, 2.75) is 0 Å². The largest absolute Gasteiger partial charge is 0.328 e. The molecular formula is C12H8Cl3N3O2. The van der Waals surface area contributed by atoms with Crippen LogP contribution >= 0.6 is 34.8 Å².